The molecule has 156 valence electrons. The molecule has 1 amide bonds. The maximum Gasteiger partial charge on any atom is 0.417 e. The summed E-state index contributed by atoms with van der Waals surface area (Å²) in [5.41, 5.74) is -0.161. The monoisotopic (exact) mass is 490 g/mol. The Morgan fingerprint density at radius 1 is 1.17 bits per heavy atom. The van der Waals surface area contributed by atoms with Crippen LogP contribution < -0.4 is 10.2 Å². The summed E-state index contributed by atoms with van der Waals surface area (Å²) in [7, 11) is -3.22. The fraction of sp³-hybridized carbons (Fsp3) is 0.316. The van der Waals surface area contributed by atoms with Crippen molar-refractivity contribution in [3.8, 4) is 0 Å². The number of sulfone groups is 1. The zero-order chi connectivity index (χ0) is 21.2. The molecule has 2 aromatic rings. The van der Waals surface area contributed by atoms with E-state index in [9.17, 15) is 26.4 Å². The summed E-state index contributed by atoms with van der Waals surface area (Å²) in [5, 5.41) is 2.72. The SMILES string of the molecule is O=C(CNc1ccc(Br)c(C(F)(F)F)c1)N(c1ccccc1)C1CCS(=O)(=O)C1. The quantitative estimate of drug-likeness (QED) is 0.684. The average molecular weight is 491 g/mol. The molecule has 0 aliphatic carbocycles. The summed E-state index contributed by atoms with van der Waals surface area (Å²) in [5.74, 6) is -0.553. The molecule has 1 saturated heterocycles. The molecule has 3 rings (SSSR count). The first-order valence-electron chi connectivity index (χ1n) is 8.75. The van der Waals surface area contributed by atoms with Gasteiger partial charge in [0.15, 0.2) is 9.84 Å². The predicted octanol–water partition coefficient (Wildman–Crippen LogP) is 4.10. The van der Waals surface area contributed by atoms with E-state index < -0.39 is 33.5 Å². The van der Waals surface area contributed by atoms with Gasteiger partial charge >= 0.3 is 6.18 Å². The molecule has 1 fully saturated rings. The second-order valence-corrected chi connectivity index (χ2v) is 9.79. The standard InChI is InChI=1S/C19H18BrF3N2O3S/c20-17-7-6-13(10-16(17)19(21,22)23)24-11-18(26)25(14-4-2-1-3-5-14)15-8-9-29(27,28)12-15/h1-7,10,15,24H,8-9,11-12H2. The second-order valence-electron chi connectivity index (χ2n) is 6.70. The van der Waals surface area contributed by atoms with Gasteiger partial charge in [0.25, 0.3) is 0 Å². The summed E-state index contributed by atoms with van der Waals surface area (Å²) >= 11 is 2.88. The van der Waals surface area contributed by atoms with Gasteiger partial charge in [-0.05, 0) is 36.8 Å². The van der Waals surface area contributed by atoms with Crippen molar-refractivity contribution in [1.82, 2.24) is 0 Å². The highest BCUT2D eigenvalue weighted by Crippen LogP contribution is 2.36. The van der Waals surface area contributed by atoms with Crippen LogP contribution in [0.4, 0.5) is 24.5 Å². The highest BCUT2D eigenvalue weighted by Gasteiger charge is 2.36. The Morgan fingerprint density at radius 2 is 1.86 bits per heavy atom. The van der Waals surface area contributed by atoms with Crippen molar-refractivity contribution in [2.75, 3.05) is 28.3 Å². The van der Waals surface area contributed by atoms with Gasteiger partial charge in [0.05, 0.1) is 29.7 Å². The van der Waals surface area contributed by atoms with E-state index in [0.29, 0.717) is 12.1 Å². The van der Waals surface area contributed by atoms with Crippen LogP contribution in [0, 0.1) is 0 Å². The third kappa shape index (κ3) is 5.30. The summed E-state index contributed by atoms with van der Waals surface area (Å²) in [6.07, 6.45) is -4.21. The number of halogens is 4. The number of benzene rings is 2. The Hall–Kier alpha value is -2.07. The molecule has 2 aromatic carbocycles. The summed E-state index contributed by atoms with van der Waals surface area (Å²) in [4.78, 5) is 14.3. The van der Waals surface area contributed by atoms with E-state index in [1.54, 1.807) is 30.3 Å². The second kappa shape index (κ2) is 8.35. The van der Waals surface area contributed by atoms with Crippen LogP contribution in [0.3, 0.4) is 0 Å². The molecule has 1 heterocycles. The molecule has 0 radical (unpaired) electrons. The highest BCUT2D eigenvalue weighted by atomic mass is 79.9. The molecule has 0 aromatic heterocycles. The summed E-state index contributed by atoms with van der Waals surface area (Å²) < 4.78 is 62.9. The molecule has 0 spiro atoms. The molecule has 10 heteroatoms. The van der Waals surface area contributed by atoms with E-state index in [4.69, 9.17) is 0 Å². The smallest absolute Gasteiger partial charge is 0.376 e. The number of rotatable bonds is 5. The van der Waals surface area contributed by atoms with Crippen molar-refractivity contribution in [2.45, 2.75) is 18.6 Å². The molecular formula is C19H18BrF3N2O3S. The fourth-order valence-electron chi connectivity index (χ4n) is 3.24. The third-order valence-electron chi connectivity index (χ3n) is 4.59. The third-order valence-corrected chi connectivity index (χ3v) is 7.03. The number of anilines is 2. The molecule has 29 heavy (non-hydrogen) atoms. The first-order chi connectivity index (χ1) is 13.6. The molecule has 1 unspecified atom stereocenters. The van der Waals surface area contributed by atoms with Crippen LogP contribution in [0.5, 0.6) is 0 Å². The van der Waals surface area contributed by atoms with E-state index in [1.165, 1.54) is 17.0 Å². The highest BCUT2D eigenvalue weighted by molar-refractivity contribution is 9.10. The number of nitrogens with zero attached hydrogens (tertiary/aromatic N) is 1. The van der Waals surface area contributed by atoms with Gasteiger partial charge in [-0.3, -0.25) is 4.79 Å². The summed E-state index contributed by atoms with van der Waals surface area (Å²) in [6.45, 7) is -0.273. The lowest BCUT2D eigenvalue weighted by Crippen LogP contribution is -2.44. The molecule has 1 N–H and O–H groups in total. The van der Waals surface area contributed by atoms with Crippen LogP contribution in [0.1, 0.15) is 12.0 Å². The minimum Gasteiger partial charge on any atom is -0.376 e. The van der Waals surface area contributed by atoms with Gasteiger partial charge in [0.2, 0.25) is 5.91 Å². The van der Waals surface area contributed by atoms with Gasteiger partial charge in [0, 0.05) is 15.8 Å². The molecule has 1 aliphatic rings. The van der Waals surface area contributed by atoms with Gasteiger partial charge < -0.3 is 10.2 Å². The largest absolute Gasteiger partial charge is 0.417 e. The van der Waals surface area contributed by atoms with Gasteiger partial charge in [-0.2, -0.15) is 13.2 Å². The van der Waals surface area contributed by atoms with Crippen LogP contribution in [0.25, 0.3) is 0 Å². The van der Waals surface area contributed by atoms with Crippen LogP contribution in [0.15, 0.2) is 53.0 Å². The minimum atomic E-state index is -4.53. The van der Waals surface area contributed by atoms with Crippen LogP contribution in [-0.4, -0.2) is 38.4 Å². The number of nitrogens with one attached hydrogen (secondary N) is 1. The number of alkyl halides is 3. The Morgan fingerprint density at radius 3 is 2.45 bits per heavy atom. The minimum absolute atomic E-state index is 0.00334. The Kier molecular flexibility index (Phi) is 6.23. The Balaban J connectivity index is 1.79. The van der Waals surface area contributed by atoms with Crippen molar-refractivity contribution in [2.24, 2.45) is 0 Å². The van der Waals surface area contributed by atoms with E-state index in [-0.39, 0.29) is 28.2 Å². The zero-order valence-electron chi connectivity index (χ0n) is 15.1. The first-order valence-corrected chi connectivity index (χ1v) is 11.4. The van der Waals surface area contributed by atoms with E-state index >= 15 is 0 Å². The maximum atomic E-state index is 13.1. The summed E-state index contributed by atoms with van der Waals surface area (Å²) in [6, 6.07) is 11.7. The maximum absolute atomic E-state index is 13.1. The first kappa shape index (κ1) is 21.6. The molecule has 5 nitrogen and oxygen atoms in total. The van der Waals surface area contributed by atoms with Crippen molar-refractivity contribution in [1.29, 1.82) is 0 Å². The molecule has 0 bridgehead atoms. The predicted molar refractivity (Wildman–Crippen MR) is 109 cm³/mol. The molecule has 1 atom stereocenters. The van der Waals surface area contributed by atoms with E-state index in [0.717, 1.165) is 6.07 Å². The topological polar surface area (TPSA) is 66.5 Å². The van der Waals surface area contributed by atoms with Crippen molar-refractivity contribution < 1.29 is 26.4 Å². The van der Waals surface area contributed by atoms with E-state index in [2.05, 4.69) is 21.2 Å². The molecule has 0 saturated carbocycles. The van der Waals surface area contributed by atoms with E-state index in [1.807, 2.05) is 0 Å². The van der Waals surface area contributed by atoms with Crippen LogP contribution >= 0.6 is 15.9 Å². The lowest BCUT2D eigenvalue weighted by atomic mass is 10.1. The number of carbonyl (C=O) groups excluding carboxylic acids is 1. The van der Waals surface area contributed by atoms with Gasteiger partial charge in [0.1, 0.15) is 0 Å². The Bertz CT molecular complexity index is 998. The normalized spacial score (nSPS) is 18.4. The lowest BCUT2D eigenvalue weighted by Gasteiger charge is -2.28. The number of carbonyl (C=O) groups is 1. The average Bonchev–Trinajstić information content (AvgIpc) is 3.00. The Labute approximate surface area is 174 Å². The van der Waals surface area contributed by atoms with Gasteiger partial charge in [-0.15, -0.1) is 0 Å². The van der Waals surface area contributed by atoms with Crippen LogP contribution in [0.2, 0.25) is 0 Å². The molecule has 1 aliphatic heterocycles. The van der Waals surface area contributed by atoms with Crippen molar-refractivity contribution in [3.05, 3.63) is 58.6 Å². The number of hydrogen-bond donors (Lipinski definition) is 1. The molecular weight excluding hydrogens is 473 g/mol. The number of hydrogen-bond acceptors (Lipinski definition) is 4. The van der Waals surface area contributed by atoms with Gasteiger partial charge in [-0.25, -0.2) is 8.42 Å². The van der Waals surface area contributed by atoms with Crippen molar-refractivity contribution in [3.63, 3.8) is 0 Å². The van der Waals surface area contributed by atoms with Crippen molar-refractivity contribution >= 4 is 43.0 Å². The lowest BCUT2D eigenvalue weighted by molar-refractivity contribution is -0.138. The number of para-hydroxylation sites is 1. The van der Waals surface area contributed by atoms with Gasteiger partial charge in [-0.1, -0.05) is 34.1 Å². The number of amides is 1. The van der Waals surface area contributed by atoms with Crippen LogP contribution in [-0.2, 0) is 20.8 Å². The fourth-order valence-corrected chi connectivity index (χ4v) is 5.41. The zero-order valence-corrected chi connectivity index (χ0v) is 17.5.